The number of aliphatic carboxylic acids is 2. The van der Waals surface area contributed by atoms with E-state index in [-0.39, 0.29) is 6.42 Å². The minimum atomic E-state index is -1.67. The third-order valence-corrected chi connectivity index (χ3v) is 4.79. The molecule has 5 atom stereocenters. The number of hydrogen-bond donors (Lipinski definition) is 5. The standard InChI is InChI=1S/C15H16FN3O5/c16-6-1-3-7(4-2-6)18-14(24)19-8-5-15(17,13(22)23)11-9(8)10(11)12(20)21/h1-4,8-11H,5,17H2,(H,20,21)(H,22,23)(H2,18,19,24)/t8-,9-,10-,11-,15-/m0/s1. The second-order valence-corrected chi connectivity index (χ2v) is 6.23. The Balaban J connectivity index is 1.69. The fraction of sp³-hybridized carbons (Fsp3) is 0.400. The first-order valence-corrected chi connectivity index (χ1v) is 7.32. The lowest BCUT2D eigenvalue weighted by Gasteiger charge is -2.25. The minimum Gasteiger partial charge on any atom is -0.481 e. The van der Waals surface area contributed by atoms with Gasteiger partial charge in [0.25, 0.3) is 0 Å². The topological polar surface area (TPSA) is 142 Å². The van der Waals surface area contributed by atoms with Crippen molar-refractivity contribution in [3.63, 3.8) is 0 Å². The van der Waals surface area contributed by atoms with Gasteiger partial charge >= 0.3 is 18.0 Å². The van der Waals surface area contributed by atoms with Gasteiger partial charge < -0.3 is 26.6 Å². The largest absolute Gasteiger partial charge is 0.481 e. The van der Waals surface area contributed by atoms with E-state index in [1.54, 1.807) is 0 Å². The number of halogens is 1. The average molecular weight is 337 g/mol. The molecule has 6 N–H and O–H groups in total. The molecule has 0 radical (unpaired) electrons. The second kappa shape index (κ2) is 5.45. The summed E-state index contributed by atoms with van der Waals surface area (Å²) in [5.74, 6) is -4.94. The highest BCUT2D eigenvalue weighted by Crippen LogP contribution is 2.61. The van der Waals surface area contributed by atoms with Gasteiger partial charge in [-0.3, -0.25) is 9.59 Å². The number of fused-ring (bicyclic) bond motifs is 1. The predicted octanol–water partition coefficient (Wildman–Crippen LogP) is 0.448. The van der Waals surface area contributed by atoms with Crippen molar-refractivity contribution in [2.24, 2.45) is 23.5 Å². The molecule has 9 heteroatoms. The third kappa shape index (κ3) is 2.56. The van der Waals surface area contributed by atoms with Crippen LogP contribution in [0, 0.1) is 23.6 Å². The number of rotatable bonds is 4. The lowest BCUT2D eigenvalue weighted by atomic mass is 9.90. The molecule has 3 rings (SSSR count). The zero-order valence-electron chi connectivity index (χ0n) is 12.4. The van der Waals surface area contributed by atoms with Gasteiger partial charge in [0, 0.05) is 17.6 Å². The first-order chi connectivity index (χ1) is 11.2. The van der Waals surface area contributed by atoms with Gasteiger partial charge in [-0.25, -0.2) is 9.18 Å². The van der Waals surface area contributed by atoms with E-state index in [1.165, 1.54) is 24.3 Å². The van der Waals surface area contributed by atoms with E-state index in [9.17, 15) is 29.0 Å². The van der Waals surface area contributed by atoms with E-state index >= 15 is 0 Å². The maximum absolute atomic E-state index is 12.8. The van der Waals surface area contributed by atoms with Crippen LogP contribution in [0.15, 0.2) is 24.3 Å². The summed E-state index contributed by atoms with van der Waals surface area (Å²) in [4.78, 5) is 34.7. The predicted molar refractivity (Wildman–Crippen MR) is 79.6 cm³/mol. The van der Waals surface area contributed by atoms with E-state index in [4.69, 9.17) is 5.73 Å². The number of nitrogens with one attached hydrogen (secondary N) is 2. The summed E-state index contributed by atoms with van der Waals surface area (Å²) < 4.78 is 12.8. The lowest BCUT2D eigenvalue weighted by molar-refractivity contribution is -0.145. The molecule has 2 fully saturated rings. The molecule has 0 saturated heterocycles. The Morgan fingerprint density at radius 1 is 1.21 bits per heavy atom. The molecule has 0 spiro atoms. The Bertz CT molecular complexity index is 710. The van der Waals surface area contributed by atoms with Gasteiger partial charge in [-0.15, -0.1) is 0 Å². The smallest absolute Gasteiger partial charge is 0.324 e. The molecule has 8 nitrogen and oxygen atoms in total. The molecular weight excluding hydrogens is 321 g/mol. The highest BCUT2D eigenvalue weighted by atomic mass is 19.1. The molecule has 0 bridgehead atoms. The van der Waals surface area contributed by atoms with Crippen molar-refractivity contribution in [3.05, 3.63) is 30.1 Å². The van der Waals surface area contributed by atoms with Crippen LogP contribution in [0.1, 0.15) is 6.42 Å². The number of nitrogens with two attached hydrogens (primary N) is 1. The van der Waals surface area contributed by atoms with Crippen LogP contribution < -0.4 is 16.4 Å². The van der Waals surface area contributed by atoms with Crippen LogP contribution in [0.2, 0.25) is 0 Å². The fourth-order valence-corrected chi connectivity index (χ4v) is 3.70. The molecule has 0 heterocycles. The molecule has 2 amide bonds. The van der Waals surface area contributed by atoms with Gasteiger partial charge in [0.1, 0.15) is 11.4 Å². The Hall–Kier alpha value is -2.68. The molecule has 1 aromatic rings. The first-order valence-electron chi connectivity index (χ1n) is 7.32. The molecule has 2 aliphatic rings. The van der Waals surface area contributed by atoms with E-state index < -0.39 is 53.1 Å². The quantitative estimate of drug-likeness (QED) is 0.540. The number of anilines is 1. The fourth-order valence-electron chi connectivity index (χ4n) is 3.70. The Labute approximate surface area is 135 Å². The van der Waals surface area contributed by atoms with Crippen LogP contribution in [0.3, 0.4) is 0 Å². The van der Waals surface area contributed by atoms with E-state index in [0.717, 1.165) is 0 Å². The van der Waals surface area contributed by atoms with Gasteiger partial charge in [0.15, 0.2) is 0 Å². The van der Waals surface area contributed by atoms with Crippen molar-refractivity contribution in [3.8, 4) is 0 Å². The summed E-state index contributed by atoms with van der Waals surface area (Å²) in [6, 6.07) is 3.81. The molecule has 128 valence electrons. The number of amides is 2. The van der Waals surface area contributed by atoms with Gasteiger partial charge in [-0.05, 0) is 36.6 Å². The summed E-state index contributed by atoms with van der Waals surface area (Å²) >= 11 is 0. The van der Waals surface area contributed by atoms with E-state index in [0.29, 0.717) is 5.69 Å². The van der Waals surface area contributed by atoms with Crippen molar-refractivity contribution in [1.29, 1.82) is 0 Å². The summed E-state index contributed by atoms with van der Waals surface area (Å²) in [5.41, 5.74) is 4.56. The van der Waals surface area contributed by atoms with Gasteiger partial charge in [0.2, 0.25) is 0 Å². The van der Waals surface area contributed by atoms with E-state index in [1.807, 2.05) is 0 Å². The van der Waals surface area contributed by atoms with Crippen molar-refractivity contribution < 1.29 is 29.0 Å². The van der Waals surface area contributed by atoms with Gasteiger partial charge in [0.05, 0.1) is 5.92 Å². The monoisotopic (exact) mass is 337 g/mol. The highest BCUT2D eigenvalue weighted by Gasteiger charge is 2.74. The first kappa shape index (κ1) is 16.2. The third-order valence-electron chi connectivity index (χ3n) is 4.79. The van der Waals surface area contributed by atoms with Crippen LogP contribution in [0.4, 0.5) is 14.9 Å². The molecule has 24 heavy (non-hydrogen) atoms. The molecule has 0 aliphatic heterocycles. The minimum absolute atomic E-state index is 0.0434. The Morgan fingerprint density at radius 3 is 2.38 bits per heavy atom. The second-order valence-electron chi connectivity index (χ2n) is 6.23. The van der Waals surface area contributed by atoms with Crippen LogP contribution in [0.25, 0.3) is 0 Å². The molecular formula is C15H16FN3O5. The number of carboxylic acid groups (broad SMARTS) is 2. The molecule has 0 unspecified atom stereocenters. The molecule has 2 aliphatic carbocycles. The summed E-state index contributed by atoms with van der Waals surface area (Å²) in [5, 5.41) is 23.5. The van der Waals surface area contributed by atoms with Gasteiger partial charge in [-0.1, -0.05) is 0 Å². The molecule has 0 aromatic heterocycles. The Kier molecular flexibility index (Phi) is 3.67. The summed E-state index contributed by atoms with van der Waals surface area (Å²) in [6.45, 7) is 0. The Morgan fingerprint density at radius 2 is 1.83 bits per heavy atom. The lowest BCUT2D eigenvalue weighted by Crippen LogP contribution is -2.52. The zero-order valence-corrected chi connectivity index (χ0v) is 12.4. The number of carbonyl (C=O) groups is 3. The summed E-state index contributed by atoms with van der Waals surface area (Å²) in [6.07, 6.45) is -0.0434. The SMILES string of the molecule is N[C@@]1(C(=O)O)C[C@H](NC(=O)Nc2ccc(F)cc2)[C@H]2[C@H](C(=O)O)[C@H]21. The van der Waals surface area contributed by atoms with Crippen LogP contribution >= 0.6 is 0 Å². The van der Waals surface area contributed by atoms with Gasteiger partial charge in [-0.2, -0.15) is 0 Å². The zero-order chi connectivity index (χ0) is 17.6. The van der Waals surface area contributed by atoms with Crippen molar-refractivity contribution in [2.45, 2.75) is 18.0 Å². The van der Waals surface area contributed by atoms with Crippen molar-refractivity contribution >= 4 is 23.7 Å². The highest BCUT2D eigenvalue weighted by molar-refractivity contribution is 5.90. The summed E-state index contributed by atoms with van der Waals surface area (Å²) in [7, 11) is 0. The number of hydrogen-bond acceptors (Lipinski definition) is 4. The number of carboxylic acids is 2. The molecule has 2 saturated carbocycles. The van der Waals surface area contributed by atoms with Crippen molar-refractivity contribution in [2.75, 3.05) is 5.32 Å². The normalized spacial score (nSPS) is 33.4. The van der Waals surface area contributed by atoms with Crippen LogP contribution in [0.5, 0.6) is 0 Å². The number of benzene rings is 1. The van der Waals surface area contributed by atoms with Crippen molar-refractivity contribution in [1.82, 2.24) is 5.32 Å². The van der Waals surface area contributed by atoms with E-state index in [2.05, 4.69) is 10.6 Å². The maximum Gasteiger partial charge on any atom is 0.324 e. The van der Waals surface area contributed by atoms with Crippen LogP contribution in [-0.4, -0.2) is 39.8 Å². The van der Waals surface area contributed by atoms with Crippen LogP contribution in [-0.2, 0) is 9.59 Å². The maximum atomic E-state index is 12.8. The number of urea groups is 1. The number of carbonyl (C=O) groups excluding carboxylic acids is 1. The average Bonchev–Trinajstić information content (AvgIpc) is 3.18. The molecule has 1 aromatic carbocycles.